The van der Waals surface area contributed by atoms with E-state index in [1.807, 2.05) is 0 Å². The van der Waals surface area contributed by atoms with E-state index in [9.17, 15) is 14.9 Å². The van der Waals surface area contributed by atoms with E-state index >= 15 is 0 Å². The monoisotopic (exact) mass is 452 g/mol. The van der Waals surface area contributed by atoms with E-state index in [2.05, 4.69) is 43.2 Å². The number of halogens is 1. The average molecular weight is 453 g/mol. The van der Waals surface area contributed by atoms with Crippen LogP contribution in [0.25, 0.3) is 0 Å². The van der Waals surface area contributed by atoms with E-state index in [0.29, 0.717) is 17.8 Å². The van der Waals surface area contributed by atoms with Gasteiger partial charge in [0.25, 0.3) is 5.69 Å². The van der Waals surface area contributed by atoms with Crippen molar-refractivity contribution in [2.45, 2.75) is 13.5 Å². The molecule has 1 aliphatic rings. The quantitative estimate of drug-likeness (QED) is 0.535. The lowest BCUT2D eigenvalue weighted by Gasteiger charge is -2.34. The number of hydrogen-bond acceptors (Lipinski definition) is 6. The van der Waals surface area contributed by atoms with Gasteiger partial charge >= 0.3 is 0 Å². The predicted octanol–water partition coefficient (Wildman–Crippen LogP) is 3.48. The summed E-state index contributed by atoms with van der Waals surface area (Å²) in [5, 5.41) is 13.8. The second kappa shape index (κ2) is 8.92. The molecule has 0 atom stereocenters. The van der Waals surface area contributed by atoms with E-state index in [1.165, 1.54) is 10.9 Å². The topological polar surface area (TPSA) is 78.7 Å². The van der Waals surface area contributed by atoms with Gasteiger partial charge in [-0.3, -0.25) is 24.7 Å². The van der Waals surface area contributed by atoms with Crippen LogP contribution in [0, 0.1) is 17.0 Å². The largest absolute Gasteiger partial charge is 0.325 e. The number of nitrogens with one attached hydrogen (secondary N) is 1. The van der Waals surface area contributed by atoms with Crippen LogP contribution in [0.5, 0.6) is 0 Å². The standard InChI is InChI=1S/C18H21BrN4O3S/c1-13-2-3-14(10-16(13)23(25)26)20-18(24)12-22-8-6-21(7-9-22)11-15-4-5-17(19)27-15/h2-5,10H,6-9,11-12H2,1H3,(H,20,24). The molecule has 0 spiro atoms. The van der Waals surface area contributed by atoms with Gasteiger partial charge in [0.1, 0.15) is 0 Å². The molecule has 27 heavy (non-hydrogen) atoms. The molecule has 3 rings (SSSR count). The molecule has 2 heterocycles. The van der Waals surface area contributed by atoms with Crippen molar-refractivity contribution >= 4 is 44.5 Å². The Bertz CT molecular complexity index is 834. The van der Waals surface area contributed by atoms with Gasteiger partial charge in [-0.25, -0.2) is 0 Å². The third-order valence-corrected chi connectivity index (χ3v) is 6.14. The van der Waals surface area contributed by atoms with Crippen molar-refractivity contribution in [2.24, 2.45) is 0 Å². The average Bonchev–Trinajstić information content (AvgIpc) is 3.03. The van der Waals surface area contributed by atoms with Crippen molar-refractivity contribution in [1.82, 2.24) is 9.80 Å². The normalized spacial score (nSPS) is 15.6. The van der Waals surface area contributed by atoms with Gasteiger partial charge in [-0.15, -0.1) is 11.3 Å². The third kappa shape index (κ3) is 5.58. The summed E-state index contributed by atoms with van der Waals surface area (Å²) in [6.45, 7) is 6.39. The Labute approximate surface area is 170 Å². The number of amides is 1. The van der Waals surface area contributed by atoms with Crippen molar-refractivity contribution in [3.8, 4) is 0 Å². The number of thiophene rings is 1. The fourth-order valence-electron chi connectivity index (χ4n) is 3.05. The molecule has 1 saturated heterocycles. The third-order valence-electron chi connectivity index (χ3n) is 4.53. The lowest BCUT2D eigenvalue weighted by molar-refractivity contribution is -0.385. The van der Waals surface area contributed by atoms with Crippen LogP contribution in [0.3, 0.4) is 0 Å². The van der Waals surface area contributed by atoms with Gasteiger partial charge < -0.3 is 5.32 Å². The smallest absolute Gasteiger partial charge is 0.274 e. The van der Waals surface area contributed by atoms with Gasteiger partial charge in [-0.2, -0.15) is 0 Å². The van der Waals surface area contributed by atoms with E-state index in [1.54, 1.807) is 30.4 Å². The molecule has 0 unspecified atom stereocenters. The summed E-state index contributed by atoms with van der Waals surface area (Å²) in [5.41, 5.74) is 1.05. The number of nitrogens with zero attached hydrogens (tertiary/aromatic N) is 3. The first kappa shape index (κ1) is 19.9. The minimum absolute atomic E-state index is 0.0154. The molecule has 7 nitrogen and oxygen atoms in total. The van der Waals surface area contributed by atoms with Crippen molar-refractivity contribution in [3.05, 3.63) is 54.7 Å². The summed E-state index contributed by atoms with van der Waals surface area (Å²) in [6.07, 6.45) is 0. The van der Waals surface area contributed by atoms with Crippen LogP contribution < -0.4 is 5.32 Å². The molecular weight excluding hydrogens is 432 g/mol. The number of nitro benzene ring substituents is 1. The Balaban J connectivity index is 1.47. The Morgan fingerprint density at radius 3 is 2.56 bits per heavy atom. The highest BCUT2D eigenvalue weighted by atomic mass is 79.9. The van der Waals surface area contributed by atoms with Crippen LogP contribution in [-0.4, -0.2) is 53.4 Å². The van der Waals surface area contributed by atoms with Crippen LogP contribution >= 0.6 is 27.3 Å². The lowest BCUT2D eigenvalue weighted by atomic mass is 10.2. The number of nitro groups is 1. The zero-order chi connectivity index (χ0) is 19.4. The maximum Gasteiger partial charge on any atom is 0.274 e. The van der Waals surface area contributed by atoms with Crippen molar-refractivity contribution in [1.29, 1.82) is 0 Å². The maximum absolute atomic E-state index is 12.3. The summed E-state index contributed by atoms with van der Waals surface area (Å²) >= 11 is 5.23. The highest BCUT2D eigenvalue weighted by Gasteiger charge is 2.20. The van der Waals surface area contributed by atoms with Gasteiger partial charge in [-0.1, -0.05) is 6.07 Å². The minimum Gasteiger partial charge on any atom is -0.325 e. The van der Waals surface area contributed by atoms with Crippen molar-refractivity contribution < 1.29 is 9.72 Å². The van der Waals surface area contributed by atoms with Crippen LogP contribution in [0.1, 0.15) is 10.4 Å². The summed E-state index contributed by atoms with van der Waals surface area (Å²) in [6, 6.07) is 8.95. The molecule has 1 amide bonds. The van der Waals surface area contributed by atoms with Crippen LogP contribution in [-0.2, 0) is 11.3 Å². The van der Waals surface area contributed by atoms with Gasteiger partial charge in [0, 0.05) is 54.9 Å². The molecule has 0 bridgehead atoms. The maximum atomic E-state index is 12.3. The van der Waals surface area contributed by atoms with Gasteiger partial charge in [-0.05, 0) is 41.1 Å². The van der Waals surface area contributed by atoms with Crippen LogP contribution in [0.4, 0.5) is 11.4 Å². The fourth-order valence-corrected chi connectivity index (χ4v) is 4.58. The summed E-state index contributed by atoms with van der Waals surface area (Å²) in [4.78, 5) is 28.7. The summed E-state index contributed by atoms with van der Waals surface area (Å²) < 4.78 is 1.14. The number of aryl methyl sites for hydroxylation is 1. The number of benzene rings is 1. The molecule has 2 aromatic rings. The lowest BCUT2D eigenvalue weighted by Crippen LogP contribution is -2.48. The molecule has 1 aliphatic heterocycles. The molecule has 1 aromatic heterocycles. The first-order chi connectivity index (χ1) is 12.9. The highest BCUT2D eigenvalue weighted by Crippen LogP contribution is 2.24. The molecule has 1 N–H and O–H groups in total. The van der Waals surface area contributed by atoms with E-state index in [-0.39, 0.29) is 11.6 Å². The second-order valence-electron chi connectivity index (χ2n) is 6.56. The second-order valence-corrected chi connectivity index (χ2v) is 9.11. The number of hydrogen-bond donors (Lipinski definition) is 1. The van der Waals surface area contributed by atoms with Crippen molar-refractivity contribution in [2.75, 3.05) is 38.0 Å². The number of carbonyl (C=O) groups is 1. The molecular formula is C18H21BrN4O3S. The number of anilines is 1. The van der Waals surface area contributed by atoms with E-state index in [0.717, 1.165) is 36.5 Å². The molecule has 0 radical (unpaired) electrons. The highest BCUT2D eigenvalue weighted by molar-refractivity contribution is 9.11. The van der Waals surface area contributed by atoms with Gasteiger partial charge in [0.05, 0.1) is 15.3 Å². The summed E-state index contributed by atoms with van der Waals surface area (Å²) in [5.74, 6) is -0.149. The molecule has 1 fully saturated rings. The Morgan fingerprint density at radius 1 is 1.22 bits per heavy atom. The predicted molar refractivity (Wildman–Crippen MR) is 110 cm³/mol. The number of carbonyl (C=O) groups excluding carboxylic acids is 1. The zero-order valence-corrected chi connectivity index (χ0v) is 17.4. The van der Waals surface area contributed by atoms with Gasteiger partial charge in [0.2, 0.25) is 5.91 Å². The minimum atomic E-state index is -0.434. The van der Waals surface area contributed by atoms with Crippen LogP contribution in [0.2, 0.25) is 0 Å². The zero-order valence-electron chi connectivity index (χ0n) is 15.0. The van der Waals surface area contributed by atoms with Crippen molar-refractivity contribution in [3.63, 3.8) is 0 Å². The molecule has 0 saturated carbocycles. The van der Waals surface area contributed by atoms with Gasteiger partial charge in [0.15, 0.2) is 0 Å². The number of piperazine rings is 1. The molecule has 0 aliphatic carbocycles. The SMILES string of the molecule is Cc1ccc(NC(=O)CN2CCN(Cc3ccc(Br)s3)CC2)cc1[N+](=O)[O-]. The Kier molecular flexibility index (Phi) is 6.59. The first-order valence-electron chi connectivity index (χ1n) is 8.64. The Morgan fingerprint density at radius 2 is 1.93 bits per heavy atom. The molecule has 9 heteroatoms. The number of rotatable bonds is 6. The molecule has 144 valence electrons. The Hall–Kier alpha value is -1.81. The van der Waals surface area contributed by atoms with Crippen LogP contribution in [0.15, 0.2) is 34.1 Å². The summed E-state index contributed by atoms with van der Waals surface area (Å²) in [7, 11) is 0. The first-order valence-corrected chi connectivity index (χ1v) is 10.3. The van der Waals surface area contributed by atoms with E-state index < -0.39 is 4.92 Å². The molecule has 1 aromatic carbocycles. The fraction of sp³-hybridized carbons (Fsp3) is 0.389. The van der Waals surface area contributed by atoms with E-state index in [4.69, 9.17) is 0 Å².